The maximum Gasteiger partial charge on any atom is 0.161 e. The zero-order valence-corrected chi connectivity index (χ0v) is 15.5. The number of nitrogens with zero attached hydrogens (tertiary/aromatic N) is 2. The van der Waals surface area contributed by atoms with Gasteiger partial charge in [0.2, 0.25) is 0 Å². The molecule has 2 aromatic rings. The number of halogens is 2. The van der Waals surface area contributed by atoms with Crippen LogP contribution in [0.4, 0.5) is 5.82 Å². The summed E-state index contributed by atoms with van der Waals surface area (Å²) in [6.45, 7) is 7.24. The van der Waals surface area contributed by atoms with Crippen LogP contribution in [0.15, 0.2) is 22.8 Å². The number of anilines is 1. The van der Waals surface area contributed by atoms with Crippen molar-refractivity contribution in [2.24, 2.45) is 0 Å². The minimum absolute atomic E-state index is 0.766. The highest BCUT2D eigenvalue weighted by Gasteiger charge is 2.09. The van der Waals surface area contributed by atoms with Crippen LogP contribution in [-0.4, -0.2) is 16.5 Å². The summed E-state index contributed by atoms with van der Waals surface area (Å²) in [6.07, 6.45) is 2.94. The van der Waals surface area contributed by atoms with E-state index in [0.717, 1.165) is 38.2 Å². The van der Waals surface area contributed by atoms with E-state index in [1.807, 2.05) is 6.20 Å². The SMILES string of the molecule is CCCNc1nc(-c2cc(C)c(Br)c(C)c2)ncc1I. The lowest BCUT2D eigenvalue weighted by Crippen LogP contribution is -2.05. The minimum atomic E-state index is 0.766. The summed E-state index contributed by atoms with van der Waals surface area (Å²) in [4.78, 5) is 9.10. The van der Waals surface area contributed by atoms with Crippen molar-refractivity contribution >= 4 is 44.3 Å². The van der Waals surface area contributed by atoms with Gasteiger partial charge < -0.3 is 5.32 Å². The van der Waals surface area contributed by atoms with Crippen LogP contribution in [0.25, 0.3) is 11.4 Å². The molecule has 0 fully saturated rings. The molecular formula is C15H17BrIN3. The number of hydrogen-bond donors (Lipinski definition) is 1. The van der Waals surface area contributed by atoms with Crippen molar-refractivity contribution in [3.05, 3.63) is 37.5 Å². The Balaban J connectivity index is 2.42. The van der Waals surface area contributed by atoms with Crippen molar-refractivity contribution in [3.63, 3.8) is 0 Å². The van der Waals surface area contributed by atoms with Crippen molar-refractivity contribution in [1.82, 2.24) is 9.97 Å². The average Bonchev–Trinajstić information content (AvgIpc) is 2.43. The van der Waals surface area contributed by atoms with Gasteiger partial charge >= 0.3 is 0 Å². The van der Waals surface area contributed by atoms with Gasteiger partial charge in [-0.2, -0.15) is 0 Å². The summed E-state index contributed by atoms with van der Waals surface area (Å²) >= 11 is 5.85. The fourth-order valence-electron chi connectivity index (χ4n) is 1.95. The van der Waals surface area contributed by atoms with Gasteiger partial charge in [0.05, 0.1) is 3.57 Å². The first-order valence-corrected chi connectivity index (χ1v) is 8.43. The summed E-state index contributed by atoms with van der Waals surface area (Å²) in [5.41, 5.74) is 3.45. The lowest BCUT2D eigenvalue weighted by atomic mass is 10.1. The molecule has 0 saturated carbocycles. The standard InChI is InChI=1S/C15H17BrIN3/c1-4-5-18-15-12(17)8-19-14(20-15)11-6-9(2)13(16)10(3)7-11/h6-8H,4-5H2,1-3H3,(H,18,19,20). The molecule has 0 aliphatic rings. The van der Waals surface area contributed by atoms with E-state index in [1.54, 1.807) is 0 Å². The molecule has 0 bridgehead atoms. The number of aromatic nitrogens is 2. The van der Waals surface area contributed by atoms with Gasteiger partial charge in [-0.1, -0.05) is 22.9 Å². The molecule has 1 aromatic carbocycles. The Morgan fingerprint density at radius 3 is 2.50 bits per heavy atom. The van der Waals surface area contributed by atoms with Gasteiger partial charge in [-0.3, -0.25) is 0 Å². The molecule has 1 aromatic heterocycles. The topological polar surface area (TPSA) is 37.8 Å². The van der Waals surface area contributed by atoms with Crippen molar-refractivity contribution in [1.29, 1.82) is 0 Å². The van der Waals surface area contributed by atoms with Crippen molar-refractivity contribution < 1.29 is 0 Å². The Hall–Kier alpha value is -0.690. The quantitative estimate of drug-likeness (QED) is 0.676. The molecule has 1 N–H and O–H groups in total. The van der Waals surface area contributed by atoms with Crippen LogP contribution in [-0.2, 0) is 0 Å². The van der Waals surface area contributed by atoms with Crippen LogP contribution in [0.1, 0.15) is 24.5 Å². The third kappa shape index (κ3) is 3.49. The van der Waals surface area contributed by atoms with Gasteiger partial charge in [-0.05, 0) is 66.1 Å². The second-order valence-corrected chi connectivity index (χ2v) is 6.70. The van der Waals surface area contributed by atoms with Gasteiger partial charge in [0, 0.05) is 22.8 Å². The van der Waals surface area contributed by atoms with Crippen LogP contribution < -0.4 is 5.32 Å². The molecule has 0 radical (unpaired) electrons. The lowest BCUT2D eigenvalue weighted by molar-refractivity contribution is 0.963. The molecule has 0 atom stereocenters. The minimum Gasteiger partial charge on any atom is -0.369 e. The fraction of sp³-hybridized carbons (Fsp3) is 0.333. The summed E-state index contributed by atoms with van der Waals surface area (Å²) in [6, 6.07) is 4.23. The van der Waals surface area contributed by atoms with E-state index in [9.17, 15) is 0 Å². The second kappa shape index (κ2) is 6.85. The molecule has 0 amide bonds. The largest absolute Gasteiger partial charge is 0.369 e. The van der Waals surface area contributed by atoms with Crippen LogP contribution >= 0.6 is 38.5 Å². The highest BCUT2D eigenvalue weighted by Crippen LogP contribution is 2.28. The van der Waals surface area contributed by atoms with Crippen LogP contribution in [0, 0.1) is 17.4 Å². The summed E-state index contributed by atoms with van der Waals surface area (Å²) in [5.74, 6) is 1.68. The lowest BCUT2D eigenvalue weighted by Gasteiger charge is -2.10. The first-order chi connectivity index (χ1) is 9.52. The molecule has 20 heavy (non-hydrogen) atoms. The van der Waals surface area contributed by atoms with E-state index in [-0.39, 0.29) is 0 Å². The second-order valence-electron chi connectivity index (χ2n) is 4.74. The highest BCUT2D eigenvalue weighted by molar-refractivity contribution is 14.1. The zero-order valence-electron chi connectivity index (χ0n) is 11.8. The third-order valence-electron chi connectivity index (χ3n) is 2.98. The Bertz CT molecular complexity index is 606. The zero-order chi connectivity index (χ0) is 14.7. The average molecular weight is 446 g/mol. The van der Waals surface area contributed by atoms with Gasteiger partial charge in [-0.25, -0.2) is 9.97 Å². The van der Waals surface area contributed by atoms with E-state index in [2.05, 4.69) is 86.7 Å². The van der Waals surface area contributed by atoms with Crippen LogP contribution in [0.2, 0.25) is 0 Å². The van der Waals surface area contributed by atoms with E-state index in [4.69, 9.17) is 0 Å². The van der Waals surface area contributed by atoms with Crippen molar-refractivity contribution in [3.8, 4) is 11.4 Å². The molecule has 0 spiro atoms. The Morgan fingerprint density at radius 1 is 1.25 bits per heavy atom. The molecule has 0 aliphatic heterocycles. The van der Waals surface area contributed by atoms with Crippen molar-refractivity contribution in [2.45, 2.75) is 27.2 Å². The Labute approximate surface area is 141 Å². The normalized spacial score (nSPS) is 10.7. The first-order valence-electron chi connectivity index (χ1n) is 6.56. The molecule has 2 rings (SSSR count). The molecule has 106 valence electrons. The monoisotopic (exact) mass is 445 g/mol. The molecule has 3 nitrogen and oxygen atoms in total. The maximum absolute atomic E-state index is 4.65. The van der Waals surface area contributed by atoms with Crippen LogP contribution in [0.5, 0.6) is 0 Å². The Kier molecular flexibility index (Phi) is 5.37. The maximum atomic E-state index is 4.65. The van der Waals surface area contributed by atoms with Gasteiger partial charge in [-0.15, -0.1) is 0 Å². The highest BCUT2D eigenvalue weighted by atomic mass is 127. The number of aryl methyl sites for hydroxylation is 2. The molecule has 0 aliphatic carbocycles. The molecule has 0 unspecified atom stereocenters. The van der Waals surface area contributed by atoms with E-state index in [1.165, 1.54) is 11.1 Å². The molecular weight excluding hydrogens is 429 g/mol. The van der Waals surface area contributed by atoms with Gasteiger partial charge in [0.25, 0.3) is 0 Å². The molecule has 5 heteroatoms. The smallest absolute Gasteiger partial charge is 0.161 e. The summed E-state index contributed by atoms with van der Waals surface area (Å²) in [7, 11) is 0. The fourth-order valence-corrected chi connectivity index (χ4v) is 2.63. The predicted octanol–water partition coefficient (Wildman–Crippen LogP) is 4.95. The predicted molar refractivity (Wildman–Crippen MR) is 96.1 cm³/mol. The number of hydrogen-bond acceptors (Lipinski definition) is 3. The van der Waals surface area contributed by atoms with Gasteiger partial charge in [0.15, 0.2) is 5.82 Å². The van der Waals surface area contributed by atoms with Crippen molar-refractivity contribution in [2.75, 3.05) is 11.9 Å². The van der Waals surface area contributed by atoms with Gasteiger partial charge in [0.1, 0.15) is 5.82 Å². The first kappa shape index (κ1) is 15.7. The third-order valence-corrected chi connectivity index (χ3v) is 5.02. The molecule has 1 heterocycles. The number of rotatable bonds is 4. The van der Waals surface area contributed by atoms with E-state index in [0.29, 0.717) is 0 Å². The summed E-state index contributed by atoms with van der Waals surface area (Å²) in [5, 5.41) is 3.35. The van der Waals surface area contributed by atoms with E-state index >= 15 is 0 Å². The van der Waals surface area contributed by atoms with Crippen LogP contribution in [0.3, 0.4) is 0 Å². The summed E-state index contributed by atoms with van der Waals surface area (Å²) < 4.78 is 2.20. The number of benzene rings is 1. The number of nitrogens with one attached hydrogen (secondary N) is 1. The Morgan fingerprint density at radius 2 is 1.90 bits per heavy atom. The van der Waals surface area contributed by atoms with E-state index < -0.39 is 0 Å². The molecule has 0 saturated heterocycles.